The fourth-order valence-corrected chi connectivity index (χ4v) is 5.77. The van der Waals surface area contributed by atoms with Gasteiger partial charge >= 0.3 is 0 Å². The van der Waals surface area contributed by atoms with E-state index in [0.717, 1.165) is 25.5 Å². The quantitative estimate of drug-likeness (QED) is 0.294. The molecular formula is C18H30OS2. The second kappa shape index (κ2) is 10.6. The van der Waals surface area contributed by atoms with Crippen molar-refractivity contribution in [1.82, 2.24) is 0 Å². The van der Waals surface area contributed by atoms with Gasteiger partial charge in [-0.2, -0.15) is 0 Å². The molecule has 0 aliphatic carbocycles. The molecule has 0 saturated carbocycles. The predicted octanol–water partition coefficient (Wildman–Crippen LogP) is 6.00. The van der Waals surface area contributed by atoms with Crippen molar-refractivity contribution in [3.05, 3.63) is 23.3 Å². The van der Waals surface area contributed by atoms with Gasteiger partial charge < -0.3 is 4.79 Å². The number of hydrogen-bond acceptors (Lipinski definition) is 3. The molecular weight excluding hydrogens is 296 g/mol. The van der Waals surface area contributed by atoms with Gasteiger partial charge in [-0.3, -0.25) is 0 Å². The van der Waals surface area contributed by atoms with Crippen LogP contribution >= 0.6 is 23.5 Å². The van der Waals surface area contributed by atoms with Crippen LogP contribution in [0.3, 0.4) is 0 Å². The third kappa shape index (κ3) is 8.15. The second-order valence-electron chi connectivity index (χ2n) is 6.09. The zero-order chi connectivity index (χ0) is 15.6. The van der Waals surface area contributed by atoms with Crippen molar-refractivity contribution in [2.24, 2.45) is 0 Å². The Morgan fingerprint density at radius 3 is 2.43 bits per heavy atom. The molecule has 0 aromatic heterocycles. The van der Waals surface area contributed by atoms with Gasteiger partial charge in [0.2, 0.25) is 0 Å². The summed E-state index contributed by atoms with van der Waals surface area (Å²) < 4.78 is 0.332. The number of thioether (sulfide) groups is 2. The molecule has 0 bridgehead atoms. The van der Waals surface area contributed by atoms with Crippen molar-refractivity contribution >= 4 is 29.8 Å². The lowest BCUT2D eigenvalue weighted by Crippen LogP contribution is -2.24. The molecule has 1 heterocycles. The van der Waals surface area contributed by atoms with Gasteiger partial charge in [0.05, 0.1) is 4.08 Å². The maximum Gasteiger partial charge on any atom is 0.119 e. The highest BCUT2D eigenvalue weighted by atomic mass is 32.2. The zero-order valence-corrected chi connectivity index (χ0v) is 15.5. The van der Waals surface area contributed by atoms with Gasteiger partial charge in [0.25, 0.3) is 0 Å². The molecule has 21 heavy (non-hydrogen) atoms. The minimum absolute atomic E-state index is 0.332. The highest BCUT2D eigenvalue weighted by Gasteiger charge is 2.31. The average molecular weight is 327 g/mol. The van der Waals surface area contributed by atoms with Crippen molar-refractivity contribution in [1.29, 1.82) is 0 Å². The first-order chi connectivity index (χ1) is 10.1. The van der Waals surface area contributed by atoms with E-state index in [1.807, 2.05) is 0 Å². The van der Waals surface area contributed by atoms with Crippen molar-refractivity contribution < 1.29 is 4.79 Å². The van der Waals surface area contributed by atoms with Crippen LogP contribution in [-0.4, -0.2) is 21.9 Å². The molecule has 0 N–H and O–H groups in total. The van der Waals surface area contributed by atoms with E-state index in [1.54, 1.807) is 0 Å². The van der Waals surface area contributed by atoms with E-state index in [9.17, 15) is 4.79 Å². The SMILES string of the molecule is CC(C)=CCC/C(C)=C\CC1(CCCC=O)SCCCS1. The lowest BCUT2D eigenvalue weighted by atomic mass is 10.1. The van der Waals surface area contributed by atoms with E-state index in [4.69, 9.17) is 0 Å². The van der Waals surface area contributed by atoms with Crippen molar-refractivity contribution in [3.63, 3.8) is 0 Å². The van der Waals surface area contributed by atoms with E-state index in [1.165, 1.54) is 41.9 Å². The molecule has 3 heteroatoms. The first kappa shape index (κ1) is 18.9. The highest BCUT2D eigenvalue weighted by Crippen LogP contribution is 2.48. The minimum Gasteiger partial charge on any atom is -0.303 e. The third-order valence-corrected chi connectivity index (χ3v) is 7.24. The Hall–Kier alpha value is -0.150. The molecule has 0 radical (unpaired) electrons. The third-order valence-electron chi connectivity index (χ3n) is 3.75. The minimum atomic E-state index is 0.332. The van der Waals surface area contributed by atoms with Gasteiger partial charge in [0.15, 0.2) is 0 Å². The van der Waals surface area contributed by atoms with Crippen LogP contribution < -0.4 is 0 Å². The van der Waals surface area contributed by atoms with Gasteiger partial charge in [-0.15, -0.1) is 23.5 Å². The Morgan fingerprint density at radius 2 is 1.81 bits per heavy atom. The number of allylic oxidation sites excluding steroid dienone is 4. The Labute approximate surface area is 139 Å². The number of carbonyl (C=O) groups is 1. The normalized spacial score (nSPS) is 18.3. The first-order valence-electron chi connectivity index (χ1n) is 8.08. The van der Waals surface area contributed by atoms with Crippen LogP contribution in [0, 0.1) is 0 Å². The Balaban J connectivity index is 2.51. The molecule has 0 aromatic rings. The summed E-state index contributed by atoms with van der Waals surface area (Å²) in [6.07, 6.45) is 13.6. The van der Waals surface area contributed by atoms with Crippen molar-refractivity contribution in [2.75, 3.05) is 11.5 Å². The van der Waals surface area contributed by atoms with Gasteiger partial charge in [0, 0.05) is 6.42 Å². The average Bonchev–Trinajstić information content (AvgIpc) is 2.46. The summed E-state index contributed by atoms with van der Waals surface area (Å²) in [5, 5.41) is 0. The van der Waals surface area contributed by atoms with E-state index in [0.29, 0.717) is 10.5 Å². The van der Waals surface area contributed by atoms with Crippen LogP contribution in [0.5, 0.6) is 0 Å². The summed E-state index contributed by atoms with van der Waals surface area (Å²) in [5.74, 6) is 2.55. The molecule has 1 aliphatic heterocycles. The molecule has 0 atom stereocenters. The smallest absolute Gasteiger partial charge is 0.119 e. The second-order valence-corrected chi connectivity index (χ2v) is 9.31. The maximum atomic E-state index is 10.6. The van der Waals surface area contributed by atoms with E-state index in [2.05, 4.69) is 56.4 Å². The Kier molecular flexibility index (Phi) is 9.50. The number of aldehydes is 1. The van der Waals surface area contributed by atoms with Gasteiger partial charge in [-0.1, -0.05) is 23.3 Å². The highest BCUT2D eigenvalue weighted by molar-refractivity contribution is 8.18. The van der Waals surface area contributed by atoms with Crippen molar-refractivity contribution in [3.8, 4) is 0 Å². The standard InChI is InChI=1S/C18H30OS2/c1-16(2)8-6-9-17(3)10-12-18(11-4-5-13-19)20-14-7-15-21-18/h8,10,13H,4-7,9,11-12,14-15H2,1-3H3/b17-10-. The summed E-state index contributed by atoms with van der Waals surface area (Å²) in [4.78, 5) is 10.6. The predicted molar refractivity (Wildman–Crippen MR) is 99.2 cm³/mol. The summed E-state index contributed by atoms with van der Waals surface area (Å²) >= 11 is 4.24. The Bertz CT molecular complexity index is 361. The Morgan fingerprint density at radius 1 is 1.10 bits per heavy atom. The molecule has 0 aromatic carbocycles. The van der Waals surface area contributed by atoms with Crippen LogP contribution in [0.25, 0.3) is 0 Å². The molecule has 1 rings (SSSR count). The van der Waals surface area contributed by atoms with Gasteiger partial charge in [-0.05, 0) is 70.8 Å². The monoisotopic (exact) mass is 326 g/mol. The molecule has 120 valence electrons. The maximum absolute atomic E-state index is 10.6. The van der Waals surface area contributed by atoms with Gasteiger partial charge in [-0.25, -0.2) is 0 Å². The van der Waals surface area contributed by atoms with Crippen molar-refractivity contribution in [2.45, 2.75) is 69.8 Å². The number of hydrogen-bond donors (Lipinski definition) is 0. The summed E-state index contributed by atoms with van der Waals surface area (Å²) in [6, 6.07) is 0. The summed E-state index contributed by atoms with van der Waals surface area (Å²) in [7, 11) is 0. The largest absolute Gasteiger partial charge is 0.303 e. The molecule has 0 unspecified atom stereocenters. The van der Waals surface area contributed by atoms with Crippen LogP contribution in [0.2, 0.25) is 0 Å². The van der Waals surface area contributed by atoms with Gasteiger partial charge in [0.1, 0.15) is 6.29 Å². The van der Waals surface area contributed by atoms with Crippen LogP contribution in [0.4, 0.5) is 0 Å². The summed E-state index contributed by atoms with van der Waals surface area (Å²) in [5.41, 5.74) is 2.92. The molecule has 1 saturated heterocycles. The van der Waals surface area contributed by atoms with Crippen LogP contribution in [-0.2, 0) is 4.79 Å². The van der Waals surface area contributed by atoms with Crippen LogP contribution in [0.15, 0.2) is 23.3 Å². The molecule has 0 spiro atoms. The van der Waals surface area contributed by atoms with E-state index >= 15 is 0 Å². The fourth-order valence-electron chi connectivity index (χ4n) is 2.46. The number of unbranched alkanes of at least 4 members (excludes halogenated alkanes) is 1. The summed E-state index contributed by atoms with van der Waals surface area (Å²) in [6.45, 7) is 6.59. The van der Waals surface area contributed by atoms with E-state index in [-0.39, 0.29) is 0 Å². The topological polar surface area (TPSA) is 17.1 Å². The lowest BCUT2D eigenvalue weighted by molar-refractivity contribution is -0.107. The number of carbonyl (C=O) groups excluding carboxylic acids is 1. The molecule has 1 nitrogen and oxygen atoms in total. The number of rotatable bonds is 9. The molecule has 1 fully saturated rings. The zero-order valence-electron chi connectivity index (χ0n) is 13.8. The van der Waals surface area contributed by atoms with Crippen LogP contribution in [0.1, 0.15) is 65.7 Å². The lowest BCUT2D eigenvalue weighted by Gasteiger charge is -2.35. The van der Waals surface area contributed by atoms with E-state index < -0.39 is 0 Å². The molecule has 1 aliphatic rings. The first-order valence-corrected chi connectivity index (χ1v) is 10.1. The fraction of sp³-hybridized carbons (Fsp3) is 0.722. The molecule has 0 amide bonds.